The van der Waals surface area contributed by atoms with Gasteiger partial charge in [-0.1, -0.05) is 5.21 Å². The Labute approximate surface area is 186 Å². The summed E-state index contributed by atoms with van der Waals surface area (Å²) in [6.45, 7) is 1.47. The van der Waals surface area contributed by atoms with Gasteiger partial charge in [0.1, 0.15) is 0 Å². The van der Waals surface area contributed by atoms with Crippen LogP contribution in [-0.2, 0) is 11.2 Å². The van der Waals surface area contributed by atoms with Crippen molar-refractivity contribution in [1.29, 1.82) is 0 Å². The molecule has 1 aliphatic rings. The maximum atomic E-state index is 13.2. The molecule has 0 spiro atoms. The largest absolute Gasteiger partial charge is 0.393 e. The van der Waals surface area contributed by atoms with Crippen LogP contribution in [0.25, 0.3) is 11.2 Å². The van der Waals surface area contributed by atoms with E-state index in [9.17, 15) is 22.8 Å². The van der Waals surface area contributed by atoms with E-state index in [0.29, 0.717) is 37.1 Å². The molecule has 3 aromatic rings. The summed E-state index contributed by atoms with van der Waals surface area (Å²) < 4.78 is 42.2. The van der Waals surface area contributed by atoms with Crippen molar-refractivity contribution in [2.75, 3.05) is 26.7 Å². The van der Waals surface area contributed by atoms with E-state index >= 15 is 0 Å². The number of piperidine rings is 1. The molecule has 0 aliphatic carbocycles. The number of pyridine rings is 1. The summed E-state index contributed by atoms with van der Waals surface area (Å²) in [7, 11) is 1.57. The fourth-order valence-electron chi connectivity index (χ4n) is 3.80. The predicted molar refractivity (Wildman–Crippen MR) is 111 cm³/mol. The summed E-state index contributed by atoms with van der Waals surface area (Å²) in [4.78, 5) is 26.4. The number of rotatable bonds is 6. The number of halogens is 3. The number of amides is 2. The highest BCUT2D eigenvalue weighted by Gasteiger charge is 2.33. The number of aromatic nitrogens is 5. The van der Waals surface area contributed by atoms with Gasteiger partial charge in [-0.2, -0.15) is 18.3 Å². The van der Waals surface area contributed by atoms with Crippen LogP contribution in [0.4, 0.5) is 13.2 Å². The van der Waals surface area contributed by atoms with E-state index in [4.69, 9.17) is 0 Å². The molecule has 10 nitrogen and oxygen atoms in total. The molecule has 33 heavy (non-hydrogen) atoms. The lowest BCUT2D eigenvalue weighted by Gasteiger charge is -2.31. The number of hydrogen-bond donors (Lipinski definition) is 2. The maximum absolute atomic E-state index is 13.2. The maximum Gasteiger partial charge on any atom is 0.393 e. The van der Waals surface area contributed by atoms with Crippen molar-refractivity contribution in [2.24, 2.45) is 0 Å². The van der Waals surface area contributed by atoms with Crippen LogP contribution in [0.15, 0.2) is 30.7 Å². The average molecular weight is 464 g/mol. The minimum Gasteiger partial charge on any atom is -0.358 e. The van der Waals surface area contributed by atoms with Crippen molar-refractivity contribution in [1.82, 2.24) is 40.1 Å². The molecule has 1 saturated heterocycles. The molecule has 13 heteroatoms. The number of carbonyl (C=O) groups excluding carboxylic acids is 2. The summed E-state index contributed by atoms with van der Waals surface area (Å²) in [5, 5.41) is 17.2. The van der Waals surface area contributed by atoms with Gasteiger partial charge in [0.2, 0.25) is 5.91 Å². The Morgan fingerprint density at radius 2 is 1.94 bits per heavy atom. The number of hydrogen-bond acceptors (Lipinski definition) is 6. The molecule has 4 heterocycles. The number of likely N-dealkylation sites (tertiary alicyclic amines) is 1. The number of nitrogens with zero attached hydrogens (tertiary/aromatic N) is 6. The molecule has 0 bridgehead atoms. The molecule has 0 unspecified atom stereocenters. The summed E-state index contributed by atoms with van der Waals surface area (Å²) in [5.41, 5.74) is 0.676. The van der Waals surface area contributed by atoms with Crippen LogP contribution < -0.4 is 10.6 Å². The van der Waals surface area contributed by atoms with E-state index in [1.807, 2.05) is 4.90 Å². The first-order valence-corrected chi connectivity index (χ1v) is 10.4. The SMILES string of the molecule is CNC(=O)CN1CCC(NC(=O)c2nn(-c3ccc4cnnn4c3)cc2CC(F)(F)F)CC1. The van der Waals surface area contributed by atoms with Gasteiger partial charge in [-0.15, -0.1) is 5.10 Å². The lowest BCUT2D eigenvalue weighted by molar-refractivity contribution is -0.127. The van der Waals surface area contributed by atoms with E-state index in [2.05, 4.69) is 26.0 Å². The molecule has 4 rings (SSSR count). The third kappa shape index (κ3) is 5.48. The standard InChI is InChI=1S/C20H23F3N8O2/c1-24-17(32)12-29-6-4-14(5-7-29)26-19(33)18-13(8-20(21,22)23)10-30(27-18)16-3-2-15-9-25-28-31(15)11-16/h2-3,9-11,14H,4-8,12H2,1H3,(H,24,32)(H,26,33). The number of nitrogens with one attached hydrogen (secondary N) is 2. The third-order valence-corrected chi connectivity index (χ3v) is 5.51. The minimum absolute atomic E-state index is 0.0936. The number of likely N-dealkylation sites (N-methyl/N-ethyl adjacent to an activating group) is 1. The van der Waals surface area contributed by atoms with Gasteiger partial charge >= 0.3 is 6.18 Å². The van der Waals surface area contributed by atoms with E-state index in [1.54, 1.807) is 31.6 Å². The normalized spacial score (nSPS) is 15.6. The first-order valence-electron chi connectivity index (χ1n) is 10.4. The monoisotopic (exact) mass is 464 g/mol. The van der Waals surface area contributed by atoms with Crippen LogP contribution in [-0.4, -0.2) is 80.2 Å². The second kappa shape index (κ2) is 9.17. The number of carbonyl (C=O) groups is 2. The molecule has 0 saturated carbocycles. The second-order valence-electron chi connectivity index (χ2n) is 7.93. The lowest BCUT2D eigenvalue weighted by atomic mass is 10.0. The van der Waals surface area contributed by atoms with Crippen LogP contribution in [0.5, 0.6) is 0 Å². The predicted octanol–water partition coefficient (Wildman–Crippen LogP) is 0.960. The molecular weight excluding hydrogens is 441 g/mol. The second-order valence-corrected chi connectivity index (χ2v) is 7.93. The summed E-state index contributed by atoms with van der Waals surface area (Å²) in [5.74, 6) is -0.747. The molecule has 0 aromatic carbocycles. The van der Waals surface area contributed by atoms with Crippen molar-refractivity contribution in [2.45, 2.75) is 31.5 Å². The molecule has 0 radical (unpaired) electrons. The Bertz CT molecular complexity index is 1150. The molecule has 3 aromatic heterocycles. The molecule has 1 fully saturated rings. The van der Waals surface area contributed by atoms with Crippen molar-refractivity contribution in [3.63, 3.8) is 0 Å². The van der Waals surface area contributed by atoms with Gasteiger partial charge < -0.3 is 10.6 Å². The molecule has 1 aliphatic heterocycles. The Balaban J connectivity index is 1.50. The van der Waals surface area contributed by atoms with Crippen LogP contribution in [0.2, 0.25) is 0 Å². The van der Waals surface area contributed by atoms with Gasteiger partial charge in [-0.25, -0.2) is 9.20 Å². The molecule has 2 amide bonds. The van der Waals surface area contributed by atoms with Crippen LogP contribution in [0, 0.1) is 0 Å². The number of alkyl halides is 3. The van der Waals surface area contributed by atoms with Gasteiger partial charge in [0.15, 0.2) is 5.69 Å². The zero-order valence-corrected chi connectivity index (χ0v) is 17.8. The van der Waals surface area contributed by atoms with Crippen LogP contribution >= 0.6 is 0 Å². The highest BCUT2D eigenvalue weighted by Crippen LogP contribution is 2.24. The molecule has 176 valence electrons. The average Bonchev–Trinajstić information content (AvgIpc) is 3.40. The van der Waals surface area contributed by atoms with E-state index in [1.165, 1.54) is 15.4 Å². The van der Waals surface area contributed by atoms with Crippen molar-refractivity contribution in [3.8, 4) is 5.69 Å². The minimum atomic E-state index is -4.50. The first-order chi connectivity index (χ1) is 15.7. The summed E-state index contributed by atoms with van der Waals surface area (Å²) >= 11 is 0. The van der Waals surface area contributed by atoms with Gasteiger partial charge in [-0.05, 0) is 25.0 Å². The van der Waals surface area contributed by atoms with E-state index < -0.39 is 18.5 Å². The molecule has 2 N–H and O–H groups in total. The molecular formula is C20H23F3N8O2. The third-order valence-electron chi connectivity index (χ3n) is 5.51. The fraction of sp³-hybridized carbons (Fsp3) is 0.450. The number of fused-ring (bicyclic) bond motifs is 1. The quantitative estimate of drug-likeness (QED) is 0.563. The van der Waals surface area contributed by atoms with Gasteiger partial charge in [-0.3, -0.25) is 14.5 Å². The fourth-order valence-corrected chi connectivity index (χ4v) is 3.80. The van der Waals surface area contributed by atoms with Crippen LogP contribution in [0.1, 0.15) is 28.9 Å². The summed E-state index contributed by atoms with van der Waals surface area (Å²) in [6, 6.07) is 3.15. The highest BCUT2D eigenvalue weighted by molar-refractivity contribution is 5.94. The smallest absolute Gasteiger partial charge is 0.358 e. The zero-order chi connectivity index (χ0) is 23.6. The van der Waals surface area contributed by atoms with Crippen molar-refractivity contribution < 1.29 is 22.8 Å². The Kier molecular flexibility index (Phi) is 6.31. The topological polar surface area (TPSA) is 109 Å². The van der Waals surface area contributed by atoms with E-state index in [-0.39, 0.29) is 29.8 Å². The van der Waals surface area contributed by atoms with Gasteiger partial charge in [0.25, 0.3) is 5.91 Å². The van der Waals surface area contributed by atoms with Crippen molar-refractivity contribution in [3.05, 3.63) is 42.0 Å². The zero-order valence-electron chi connectivity index (χ0n) is 17.8. The Hall–Kier alpha value is -3.48. The highest BCUT2D eigenvalue weighted by atomic mass is 19.4. The first kappa shape index (κ1) is 22.7. The van der Waals surface area contributed by atoms with Gasteiger partial charge in [0, 0.05) is 37.9 Å². The van der Waals surface area contributed by atoms with Crippen LogP contribution in [0.3, 0.4) is 0 Å². The molecule has 0 atom stereocenters. The Morgan fingerprint density at radius 3 is 2.64 bits per heavy atom. The van der Waals surface area contributed by atoms with E-state index in [0.717, 1.165) is 0 Å². The van der Waals surface area contributed by atoms with Crippen molar-refractivity contribution >= 4 is 17.3 Å². The lowest BCUT2D eigenvalue weighted by Crippen LogP contribution is -2.47. The van der Waals surface area contributed by atoms with Gasteiger partial charge in [0.05, 0.1) is 36.6 Å². The Morgan fingerprint density at radius 1 is 1.18 bits per heavy atom. The summed E-state index contributed by atoms with van der Waals surface area (Å²) in [6.07, 6.45) is -0.276.